The van der Waals surface area contributed by atoms with E-state index in [0.717, 1.165) is 50.9 Å². The second-order valence-electron chi connectivity index (χ2n) is 8.96. The van der Waals surface area contributed by atoms with Crippen LogP contribution in [0.5, 0.6) is 5.75 Å². The molecule has 10 heteroatoms. The topological polar surface area (TPSA) is 79.0 Å². The molecular weight excluding hydrogens is 562 g/mol. The molecule has 5 aromatic rings. The fourth-order valence-corrected chi connectivity index (χ4v) is 4.65. The molecule has 0 aliphatic heterocycles. The molecule has 0 radical (unpaired) electrons. The first-order valence-corrected chi connectivity index (χ1v) is 12.7. The largest absolute Gasteiger partial charge is 0.489 e. The highest BCUT2D eigenvalue weighted by Crippen LogP contribution is 2.34. The number of benzene rings is 3. The third-order valence-electron chi connectivity index (χ3n) is 5.91. The molecular formula is C30H22Cl2F3N3O2. The van der Waals surface area contributed by atoms with Gasteiger partial charge in [-0.3, -0.25) is 9.97 Å². The molecule has 0 bridgehead atoms. The van der Waals surface area contributed by atoms with E-state index in [-0.39, 0.29) is 19.0 Å². The molecule has 2 heterocycles. The van der Waals surface area contributed by atoms with Crippen LogP contribution in [0.4, 0.5) is 13.2 Å². The van der Waals surface area contributed by atoms with E-state index in [2.05, 4.69) is 9.97 Å². The molecule has 0 unspecified atom stereocenters. The van der Waals surface area contributed by atoms with E-state index in [9.17, 15) is 13.2 Å². The summed E-state index contributed by atoms with van der Waals surface area (Å²) in [6.45, 7) is 3.82. The van der Waals surface area contributed by atoms with Crippen molar-refractivity contribution in [2.24, 2.45) is 0 Å². The van der Waals surface area contributed by atoms with E-state index in [1.807, 2.05) is 38.1 Å². The van der Waals surface area contributed by atoms with Gasteiger partial charge in [0, 0.05) is 22.2 Å². The van der Waals surface area contributed by atoms with Crippen molar-refractivity contribution >= 4 is 45.0 Å². The first kappa shape index (κ1) is 29.1. The van der Waals surface area contributed by atoms with Gasteiger partial charge in [0.15, 0.2) is 0 Å². The minimum atomic E-state index is -4.62. The van der Waals surface area contributed by atoms with Gasteiger partial charge in [-0.05, 0) is 67.4 Å². The molecule has 0 aliphatic carbocycles. The molecule has 3 aromatic carbocycles. The van der Waals surface area contributed by atoms with Crippen LogP contribution in [0.25, 0.3) is 21.8 Å². The number of nitriles is 1. The maximum Gasteiger partial charge on any atom is 0.417 e. The quantitative estimate of drug-likeness (QED) is 0.230. The Kier molecular flexibility index (Phi) is 8.79. The van der Waals surface area contributed by atoms with Crippen molar-refractivity contribution in [1.29, 1.82) is 5.26 Å². The number of rotatable bonds is 4. The Balaban J connectivity index is 0.000000222. The molecule has 40 heavy (non-hydrogen) atoms. The number of nitrogens with zero attached hydrogens (tertiary/aromatic N) is 3. The van der Waals surface area contributed by atoms with Crippen LogP contribution in [0.3, 0.4) is 0 Å². The van der Waals surface area contributed by atoms with Gasteiger partial charge in [-0.25, -0.2) is 0 Å². The molecule has 0 saturated carbocycles. The number of ether oxygens (including phenoxy) is 1. The van der Waals surface area contributed by atoms with E-state index < -0.39 is 17.3 Å². The van der Waals surface area contributed by atoms with Crippen LogP contribution in [0.2, 0.25) is 10.0 Å². The first-order valence-electron chi connectivity index (χ1n) is 11.9. The van der Waals surface area contributed by atoms with Gasteiger partial charge in [-0.1, -0.05) is 47.5 Å². The van der Waals surface area contributed by atoms with Gasteiger partial charge >= 0.3 is 6.18 Å². The highest BCUT2D eigenvalue weighted by molar-refractivity contribution is 6.35. The summed E-state index contributed by atoms with van der Waals surface area (Å²) in [4.78, 5) is 8.75. The monoisotopic (exact) mass is 583 g/mol. The average Bonchev–Trinajstić information content (AvgIpc) is 2.90. The van der Waals surface area contributed by atoms with Crippen molar-refractivity contribution in [2.45, 2.75) is 33.2 Å². The smallest absolute Gasteiger partial charge is 0.417 e. The van der Waals surface area contributed by atoms with Crippen molar-refractivity contribution in [2.75, 3.05) is 0 Å². The summed E-state index contributed by atoms with van der Waals surface area (Å²) in [5.41, 5.74) is 3.31. The number of fused-ring (bicyclic) bond motifs is 2. The maximum atomic E-state index is 13.0. The summed E-state index contributed by atoms with van der Waals surface area (Å²) in [6, 6.07) is 19.4. The van der Waals surface area contributed by atoms with Crippen LogP contribution >= 0.6 is 23.2 Å². The highest BCUT2D eigenvalue weighted by Gasteiger charge is 2.34. The summed E-state index contributed by atoms with van der Waals surface area (Å²) in [6.07, 6.45) is -4.62. The molecule has 0 amide bonds. The number of aliphatic hydroxyl groups excluding tert-OH is 1. The van der Waals surface area contributed by atoms with E-state index in [1.165, 1.54) is 12.1 Å². The van der Waals surface area contributed by atoms with Crippen LogP contribution < -0.4 is 4.74 Å². The summed E-state index contributed by atoms with van der Waals surface area (Å²) < 4.78 is 44.5. The van der Waals surface area contributed by atoms with Gasteiger partial charge in [-0.2, -0.15) is 18.4 Å². The van der Waals surface area contributed by atoms with Crippen LogP contribution in [-0.4, -0.2) is 15.1 Å². The van der Waals surface area contributed by atoms with E-state index in [0.29, 0.717) is 15.6 Å². The van der Waals surface area contributed by atoms with Crippen molar-refractivity contribution in [3.05, 3.63) is 110 Å². The Labute approximate surface area is 238 Å². The second kappa shape index (κ2) is 12.1. The number of pyridine rings is 2. The van der Waals surface area contributed by atoms with Crippen LogP contribution in [0.1, 0.15) is 33.6 Å². The molecule has 0 atom stereocenters. The molecule has 204 valence electrons. The lowest BCUT2D eigenvalue weighted by atomic mass is 10.1. The highest BCUT2D eigenvalue weighted by atomic mass is 35.5. The average molecular weight is 584 g/mol. The molecule has 0 saturated heterocycles. The summed E-state index contributed by atoms with van der Waals surface area (Å²) in [5, 5.41) is 20.8. The number of hydrogen-bond acceptors (Lipinski definition) is 5. The van der Waals surface area contributed by atoms with Crippen molar-refractivity contribution in [3.63, 3.8) is 0 Å². The minimum Gasteiger partial charge on any atom is -0.489 e. The molecule has 2 aromatic heterocycles. The summed E-state index contributed by atoms with van der Waals surface area (Å²) in [5.74, 6) is 0.0339. The summed E-state index contributed by atoms with van der Waals surface area (Å²) >= 11 is 12.2. The van der Waals surface area contributed by atoms with E-state index in [4.69, 9.17) is 38.3 Å². The normalized spacial score (nSPS) is 11.2. The number of halogens is 5. The second-order valence-corrected chi connectivity index (χ2v) is 9.77. The summed E-state index contributed by atoms with van der Waals surface area (Å²) in [7, 11) is 0. The lowest BCUT2D eigenvalue weighted by Crippen LogP contribution is -2.08. The zero-order chi connectivity index (χ0) is 29.0. The molecule has 5 nitrogen and oxygen atoms in total. The Morgan fingerprint density at radius 2 is 1.38 bits per heavy atom. The van der Waals surface area contributed by atoms with Gasteiger partial charge in [-0.15, -0.1) is 0 Å². The predicted octanol–water partition coefficient (Wildman–Crippen LogP) is 8.36. The lowest BCUT2D eigenvalue weighted by molar-refractivity contribution is -0.137. The van der Waals surface area contributed by atoms with Gasteiger partial charge in [0.05, 0.1) is 44.9 Å². The fourth-order valence-electron chi connectivity index (χ4n) is 4.01. The number of aliphatic hydroxyl groups is 1. The standard InChI is InChI=1S/C19H12ClF3N2O.C11H10ClNO/c1-11-6-17(20)15-5-2-12(7-18(15)25-11)10-26-14-4-3-13(9-24)16(8-14)19(21,22)23;1-7-4-10(12)9-3-2-8(6-14)5-11(9)13-7/h2-8H,10H2,1H3;2-5,14H,6H2,1H3. The zero-order valence-corrected chi connectivity index (χ0v) is 22.9. The number of hydrogen-bond donors (Lipinski definition) is 1. The maximum absolute atomic E-state index is 13.0. The van der Waals surface area contributed by atoms with Crippen LogP contribution in [-0.2, 0) is 19.4 Å². The Morgan fingerprint density at radius 1 is 0.825 bits per heavy atom. The third-order valence-corrected chi connectivity index (χ3v) is 6.53. The molecule has 1 N–H and O–H groups in total. The molecule has 5 rings (SSSR count). The van der Waals surface area contributed by atoms with Crippen molar-refractivity contribution in [1.82, 2.24) is 9.97 Å². The molecule has 0 fully saturated rings. The van der Waals surface area contributed by atoms with Crippen LogP contribution in [0.15, 0.2) is 66.7 Å². The predicted molar refractivity (Wildman–Crippen MR) is 149 cm³/mol. The third kappa shape index (κ3) is 6.80. The van der Waals surface area contributed by atoms with Gasteiger partial charge in [0.1, 0.15) is 12.4 Å². The molecule has 0 aliphatic rings. The van der Waals surface area contributed by atoms with Gasteiger partial charge in [0.2, 0.25) is 0 Å². The lowest BCUT2D eigenvalue weighted by Gasteiger charge is -2.12. The Morgan fingerprint density at radius 3 is 1.90 bits per heavy atom. The fraction of sp³-hybridized carbons (Fsp3) is 0.167. The Bertz CT molecular complexity index is 1750. The van der Waals surface area contributed by atoms with Crippen LogP contribution in [0, 0.1) is 25.2 Å². The van der Waals surface area contributed by atoms with E-state index in [1.54, 1.807) is 24.3 Å². The molecule has 0 spiro atoms. The minimum absolute atomic E-state index is 0.0309. The SMILES string of the molecule is Cc1cc(Cl)c2ccc(CO)cc2n1.Cc1cc(Cl)c2ccc(COc3ccc(C#N)c(C(F)(F)F)c3)cc2n1. The number of aryl methyl sites for hydroxylation is 2. The van der Waals surface area contributed by atoms with E-state index >= 15 is 0 Å². The van der Waals surface area contributed by atoms with Crippen molar-refractivity contribution in [3.8, 4) is 11.8 Å². The van der Waals surface area contributed by atoms with Gasteiger partial charge < -0.3 is 9.84 Å². The zero-order valence-electron chi connectivity index (χ0n) is 21.4. The van der Waals surface area contributed by atoms with Gasteiger partial charge in [0.25, 0.3) is 0 Å². The number of aromatic nitrogens is 2. The first-order chi connectivity index (χ1) is 19.0. The van der Waals surface area contributed by atoms with Crippen molar-refractivity contribution < 1.29 is 23.0 Å². The number of alkyl halides is 3. The Hall–Kier alpha value is -3.90.